The summed E-state index contributed by atoms with van der Waals surface area (Å²) in [5.41, 5.74) is 7.63. The first-order valence-corrected chi connectivity index (χ1v) is 7.31. The third-order valence-electron chi connectivity index (χ3n) is 2.81. The summed E-state index contributed by atoms with van der Waals surface area (Å²) in [6, 6.07) is 10.6. The Balaban J connectivity index is 2.37. The van der Waals surface area contributed by atoms with Gasteiger partial charge in [0.2, 0.25) is 0 Å². The fraction of sp³-hybridized carbons (Fsp3) is 0.188. The lowest BCUT2D eigenvalue weighted by Gasteiger charge is -2.12. The third-order valence-corrected chi connectivity index (χ3v) is 3.43. The normalized spacial score (nSPS) is 10.2. The highest BCUT2D eigenvalue weighted by Gasteiger charge is 2.16. The second-order valence-electron chi connectivity index (χ2n) is 4.51. The Kier molecular flexibility index (Phi) is 4.85. The van der Waals surface area contributed by atoms with Crippen molar-refractivity contribution in [1.29, 1.82) is 0 Å². The summed E-state index contributed by atoms with van der Waals surface area (Å²) in [5.74, 6) is 0.575. The zero-order chi connectivity index (χ0) is 15.4. The molecule has 0 atom stereocenters. The van der Waals surface area contributed by atoms with Crippen molar-refractivity contribution in [3.63, 3.8) is 0 Å². The molecule has 4 nitrogen and oxygen atoms in total. The second kappa shape index (κ2) is 6.63. The van der Waals surface area contributed by atoms with Crippen LogP contribution in [-0.4, -0.2) is 12.6 Å². The summed E-state index contributed by atoms with van der Waals surface area (Å²) in [4.78, 5) is 12.0. The van der Waals surface area contributed by atoms with Gasteiger partial charge in [0.25, 0.3) is 0 Å². The van der Waals surface area contributed by atoms with Gasteiger partial charge in [-0.15, -0.1) is 0 Å². The molecule has 2 N–H and O–H groups in total. The van der Waals surface area contributed by atoms with E-state index in [-0.39, 0.29) is 0 Å². The molecule has 0 bridgehead atoms. The van der Waals surface area contributed by atoms with Gasteiger partial charge in [-0.3, -0.25) is 0 Å². The Morgan fingerprint density at radius 2 is 1.90 bits per heavy atom. The Labute approximate surface area is 132 Å². The largest absolute Gasteiger partial charge is 0.462 e. The molecule has 2 aromatic rings. The van der Waals surface area contributed by atoms with Crippen LogP contribution in [0.3, 0.4) is 0 Å². The van der Waals surface area contributed by atoms with Crippen LogP contribution in [-0.2, 0) is 4.74 Å². The fourth-order valence-corrected chi connectivity index (χ4v) is 2.39. The van der Waals surface area contributed by atoms with E-state index in [0.717, 1.165) is 10.0 Å². The lowest BCUT2D eigenvalue weighted by atomic mass is 10.1. The highest BCUT2D eigenvalue weighted by Crippen LogP contribution is 2.33. The summed E-state index contributed by atoms with van der Waals surface area (Å²) in [6.45, 7) is 4.03. The molecule has 0 aliphatic carbocycles. The van der Waals surface area contributed by atoms with Crippen LogP contribution in [0.15, 0.2) is 40.9 Å². The molecule has 2 rings (SSSR count). The van der Waals surface area contributed by atoms with Crippen LogP contribution in [0.5, 0.6) is 11.5 Å². The number of halogens is 1. The van der Waals surface area contributed by atoms with E-state index in [1.807, 2.05) is 25.1 Å². The van der Waals surface area contributed by atoms with Crippen molar-refractivity contribution in [2.45, 2.75) is 13.8 Å². The van der Waals surface area contributed by atoms with E-state index in [1.54, 1.807) is 25.1 Å². The van der Waals surface area contributed by atoms with Crippen LogP contribution in [0, 0.1) is 6.92 Å². The molecule has 21 heavy (non-hydrogen) atoms. The molecule has 0 aromatic heterocycles. The first kappa shape index (κ1) is 15.4. The van der Waals surface area contributed by atoms with Crippen LogP contribution in [0.4, 0.5) is 5.69 Å². The number of carbonyl (C=O) groups excluding carboxylic acids is 1. The van der Waals surface area contributed by atoms with Gasteiger partial charge in [-0.1, -0.05) is 6.07 Å². The molecular weight excluding hydrogens is 334 g/mol. The van der Waals surface area contributed by atoms with E-state index in [1.165, 1.54) is 0 Å². The van der Waals surface area contributed by atoms with Crippen molar-refractivity contribution >= 4 is 27.6 Å². The van der Waals surface area contributed by atoms with Crippen LogP contribution in [0.25, 0.3) is 0 Å². The predicted octanol–water partition coefficient (Wildman–Crippen LogP) is 4.31. The molecule has 110 valence electrons. The SMILES string of the molecule is CCOC(=O)c1cc(N)ccc1Oc1ccc(C)cc1Br. The Bertz CT molecular complexity index is 671. The molecule has 0 unspecified atom stereocenters. The van der Waals surface area contributed by atoms with E-state index in [2.05, 4.69) is 15.9 Å². The molecule has 0 radical (unpaired) electrons. The smallest absolute Gasteiger partial charge is 0.342 e. The van der Waals surface area contributed by atoms with Crippen LogP contribution >= 0.6 is 15.9 Å². The van der Waals surface area contributed by atoms with Crippen molar-refractivity contribution in [2.24, 2.45) is 0 Å². The number of hydrogen-bond donors (Lipinski definition) is 1. The van der Waals surface area contributed by atoms with Crippen molar-refractivity contribution in [1.82, 2.24) is 0 Å². The van der Waals surface area contributed by atoms with E-state index in [4.69, 9.17) is 15.2 Å². The molecule has 0 saturated heterocycles. The van der Waals surface area contributed by atoms with E-state index in [0.29, 0.717) is 29.4 Å². The topological polar surface area (TPSA) is 61.5 Å². The van der Waals surface area contributed by atoms with E-state index >= 15 is 0 Å². The van der Waals surface area contributed by atoms with Crippen LogP contribution in [0.2, 0.25) is 0 Å². The summed E-state index contributed by atoms with van der Waals surface area (Å²) in [7, 11) is 0. The number of carbonyl (C=O) groups is 1. The lowest BCUT2D eigenvalue weighted by Crippen LogP contribution is -2.07. The quantitative estimate of drug-likeness (QED) is 0.659. The maximum Gasteiger partial charge on any atom is 0.342 e. The Hall–Kier alpha value is -2.01. The number of ether oxygens (including phenoxy) is 2. The lowest BCUT2D eigenvalue weighted by molar-refractivity contribution is 0.0523. The minimum Gasteiger partial charge on any atom is -0.462 e. The van der Waals surface area contributed by atoms with Crippen molar-refractivity contribution in [2.75, 3.05) is 12.3 Å². The zero-order valence-electron chi connectivity index (χ0n) is 11.9. The van der Waals surface area contributed by atoms with Gasteiger partial charge in [-0.05, 0) is 65.7 Å². The number of anilines is 1. The molecule has 0 fully saturated rings. The summed E-state index contributed by atoms with van der Waals surface area (Å²) < 4.78 is 11.7. The number of nitrogen functional groups attached to an aromatic ring is 1. The van der Waals surface area contributed by atoms with Gasteiger partial charge < -0.3 is 15.2 Å². The van der Waals surface area contributed by atoms with Gasteiger partial charge in [-0.2, -0.15) is 0 Å². The van der Waals surface area contributed by atoms with Gasteiger partial charge in [0.05, 0.1) is 11.1 Å². The highest BCUT2D eigenvalue weighted by atomic mass is 79.9. The number of aryl methyl sites for hydroxylation is 1. The second-order valence-corrected chi connectivity index (χ2v) is 5.37. The van der Waals surface area contributed by atoms with Crippen molar-refractivity contribution in [3.8, 4) is 11.5 Å². The average Bonchev–Trinajstić information content (AvgIpc) is 2.43. The molecule has 0 saturated carbocycles. The maximum absolute atomic E-state index is 12.0. The number of rotatable bonds is 4. The first-order valence-electron chi connectivity index (χ1n) is 6.52. The Morgan fingerprint density at radius 3 is 2.57 bits per heavy atom. The highest BCUT2D eigenvalue weighted by molar-refractivity contribution is 9.10. The van der Waals surface area contributed by atoms with Gasteiger partial charge in [0.15, 0.2) is 0 Å². The summed E-state index contributed by atoms with van der Waals surface area (Å²) in [5, 5.41) is 0. The minimum absolute atomic E-state index is 0.293. The van der Waals surface area contributed by atoms with Gasteiger partial charge in [0.1, 0.15) is 17.1 Å². The average molecular weight is 350 g/mol. The molecule has 0 spiro atoms. The molecule has 0 aliphatic rings. The number of hydrogen-bond acceptors (Lipinski definition) is 4. The van der Waals surface area contributed by atoms with Gasteiger partial charge in [0, 0.05) is 5.69 Å². The number of nitrogens with two attached hydrogens (primary N) is 1. The van der Waals surface area contributed by atoms with E-state index in [9.17, 15) is 4.79 Å². The summed E-state index contributed by atoms with van der Waals surface area (Å²) >= 11 is 3.45. The third kappa shape index (κ3) is 3.76. The number of esters is 1. The zero-order valence-corrected chi connectivity index (χ0v) is 13.4. The Morgan fingerprint density at radius 1 is 1.19 bits per heavy atom. The molecule has 0 amide bonds. The van der Waals surface area contributed by atoms with Gasteiger partial charge in [-0.25, -0.2) is 4.79 Å². The molecule has 0 aliphatic heterocycles. The fourth-order valence-electron chi connectivity index (χ4n) is 1.81. The molecule has 5 heteroatoms. The van der Waals surface area contributed by atoms with Crippen LogP contribution < -0.4 is 10.5 Å². The standard InChI is InChI=1S/C16H16BrNO3/c1-3-20-16(19)12-9-11(18)5-7-14(12)21-15-6-4-10(2)8-13(15)17/h4-9H,3,18H2,1-2H3. The summed E-state index contributed by atoms with van der Waals surface area (Å²) in [6.07, 6.45) is 0. The van der Waals surface area contributed by atoms with Gasteiger partial charge >= 0.3 is 5.97 Å². The van der Waals surface area contributed by atoms with Crippen molar-refractivity contribution in [3.05, 3.63) is 52.0 Å². The monoisotopic (exact) mass is 349 g/mol. The van der Waals surface area contributed by atoms with Crippen LogP contribution in [0.1, 0.15) is 22.8 Å². The number of benzene rings is 2. The first-order chi connectivity index (χ1) is 10.0. The molecule has 0 heterocycles. The van der Waals surface area contributed by atoms with Crippen molar-refractivity contribution < 1.29 is 14.3 Å². The molecule has 2 aromatic carbocycles. The minimum atomic E-state index is -0.456. The van der Waals surface area contributed by atoms with E-state index < -0.39 is 5.97 Å². The maximum atomic E-state index is 12.0. The predicted molar refractivity (Wildman–Crippen MR) is 85.8 cm³/mol. The molecular formula is C16H16BrNO3.